The van der Waals surface area contributed by atoms with E-state index < -0.39 is 5.91 Å². The number of carbonyl (C=O) groups excluding carboxylic acids is 1. The summed E-state index contributed by atoms with van der Waals surface area (Å²) in [6.45, 7) is 0.437. The highest BCUT2D eigenvalue weighted by Gasteiger charge is 2.18. The van der Waals surface area contributed by atoms with Gasteiger partial charge in [-0.15, -0.1) is 10.2 Å². The van der Waals surface area contributed by atoms with E-state index in [1.54, 1.807) is 13.4 Å². The topological polar surface area (TPSA) is 135 Å². The van der Waals surface area contributed by atoms with Crippen molar-refractivity contribution in [3.63, 3.8) is 0 Å². The van der Waals surface area contributed by atoms with E-state index in [0.717, 1.165) is 11.3 Å². The number of nitrogens with zero attached hydrogens (tertiary/aromatic N) is 5. The molecule has 160 valence electrons. The van der Waals surface area contributed by atoms with Crippen LogP contribution in [0.4, 0.5) is 0 Å². The summed E-state index contributed by atoms with van der Waals surface area (Å²) >= 11 is 1.40. The number of primary amides is 1. The van der Waals surface area contributed by atoms with Crippen molar-refractivity contribution in [2.75, 3.05) is 7.11 Å². The van der Waals surface area contributed by atoms with Crippen LogP contribution in [-0.4, -0.2) is 37.9 Å². The van der Waals surface area contributed by atoms with Gasteiger partial charge in [0, 0.05) is 12.8 Å². The van der Waals surface area contributed by atoms with E-state index in [1.165, 1.54) is 11.8 Å². The van der Waals surface area contributed by atoms with Gasteiger partial charge < -0.3 is 19.4 Å². The van der Waals surface area contributed by atoms with E-state index >= 15 is 0 Å². The highest BCUT2D eigenvalue weighted by molar-refractivity contribution is 7.98. The molecule has 0 bridgehead atoms. The average Bonchev–Trinajstić information content (AvgIpc) is 3.53. The molecule has 2 N–H and O–H groups in total. The van der Waals surface area contributed by atoms with Crippen LogP contribution in [0.1, 0.15) is 23.9 Å². The Balaban J connectivity index is 1.50. The molecular weight excluding hydrogens is 420 g/mol. The number of hydrogen-bond acceptors (Lipinski definition) is 9. The molecule has 1 aromatic carbocycles. The minimum absolute atomic E-state index is 0.187. The van der Waals surface area contributed by atoms with Crippen LogP contribution < -0.4 is 10.5 Å². The van der Waals surface area contributed by atoms with Crippen molar-refractivity contribution in [2.24, 2.45) is 5.73 Å². The predicted molar refractivity (Wildman–Crippen MR) is 111 cm³/mol. The number of amides is 1. The molecule has 0 radical (unpaired) electrons. The summed E-state index contributed by atoms with van der Waals surface area (Å²) in [5.74, 6) is 2.96. The first-order valence-corrected chi connectivity index (χ1v) is 10.4. The number of methoxy groups -OCH3 is 1. The number of para-hydroxylation sites is 1. The molecule has 0 saturated heterocycles. The zero-order valence-electron chi connectivity index (χ0n) is 16.7. The van der Waals surface area contributed by atoms with Crippen LogP contribution in [0.25, 0.3) is 11.4 Å². The molecule has 0 saturated carbocycles. The van der Waals surface area contributed by atoms with Crippen molar-refractivity contribution in [3.05, 3.63) is 60.1 Å². The van der Waals surface area contributed by atoms with Crippen LogP contribution >= 0.6 is 11.8 Å². The summed E-state index contributed by atoms with van der Waals surface area (Å²) in [6, 6.07) is 11.1. The number of hydrogen-bond donors (Lipinski definition) is 1. The maximum atomic E-state index is 11.2. The number of nitrogens with two attached hydrogens (primary N) is 1. The number of rotatable bonds is 10. The Hall–Kier alpha value is -3.60. The summed E-state index contributed by atoms with van der Waals surface area (Å²) in [5, 5.41) is 13.2. The van der Waals surface area contributed by atoms with Crippen LogP contribution in [0.2, 0.25) is 0 Å². The van der Waals surface area contributed by atoms with Crippen LogP contribution in [0.15, 0.2) is 56.8 Å². The van der Waals surface area contributed by atoms with Gasteiger partial charge in [0.1, 0.15) is 17.3 Å². The number of aromatic nitrogens is 5. The average molecular weight is 440 g/mol. The van der Waals surface area contributed by atoms with Crippen molar-refractivity contribution in [3.8, 4) is 17.1 Å². The Morgan fingerprint density at radius 2 is 2.10 bits per heavy atom. The molecule has 0 fully saturated rings. The maximum Gasteiger partial charge on any atom is 0.237 e. The molecule has 1 amide bonds. The van der Waals surface area contributed by atoms with Crippen LogP contribution in [0.3, 0.4) is 0 Å². The smallest absolute Gasteiger partial charge is 0.237 e. The molecule has 11 heteroatoms. The fourth-order valence-corrected chi connectivity index (χ4v) is 3.74. The molecule has 0 unspecified atom stereocenters. The minimum Gasteiger partial charge on any atom is -0.496 e. The Bertz CT molecular complexity index is 1150. The Labute approximate surface area is 181 Å². The van der Waals surface area contributed by atoms with Crippen LogP contribution in [-0.2, 0) is 23.5 Å². The summed E-state index contributed by atoms with van der Waals surface area (Å²) in [6.07, 6.45) is 2.18. The molecular formula is C20H20N6O4S. The van der Waals surface area contributed by atoms with Crippen molar-refractivity contribution in [1.82, 2.24) is 24.9 Å². The molecule has 3 heterocycles. The molecule has 4 rings (SSSR count). The summed E-state index contributed by atoms with van der Waals surface area (Å²) in [5.41, 5.74) is 6.03. The lowest BCUT2D eigenvalue weighted by atomic mass is 10.2. The first-order chi connectivity index (χ1) is 15.1. The second kappa shape index (κ2) is 9.47. The molecule has 0 spiro atoms. The lowest BCUT2D eigenvalue weighted by Gasteiger charge is -2.07. The molecule has 4 aromatic rings. The fourth-order valence-electron chi connectivity index (χ4n) is 2.94. The van der Waals surface area contributed by atoms with Gasteiger partial charge in [-0.25, -0.2) is 0 Å². The van der Waals surface area contributed by atoms with Gasteiger partial charge in [-0.05, 0) is 24.3 Å². The maximum absolute atomic E-state index is 11.2. The quantitative estimate of drug-likeness (QED) is 0.369. The molecule has 0 atom stereocenters. The van der Waals surface area contributed by atoms with E-state index in [4.69, 9.17) is 19.4 Å². The standard InChI is InChI=1S/C20H20N6O4S/c1-28-15-7-3-2-6-14(15)19-22-18(30-25-19)12-31-20-24-23-17(9-8-16(21)27)26(20)11-13-5-4-10-29-13/h2-7,10H,8-9,11-12H2,1H3,(H2,21,27). The minimum atomic E-state index is -0.392. The second-order valence-corrected chi connectivity index (χ2v) is 7.47. The third-order valence-electron chi connectivity index (χ3n) is 4.42. The summed E-state index contributed by atoms with van der Waals surface area (Å²) < 4.78 is 18.1. The number of benzene rings is 1. The van der Waals surface area contributed by atoms with Crippen molar-refractivity contribution < 1.29 is 18.5 Å². The van der Waals surface area contributed by atoms with Gasteiger partial charge in [-0.2, -0.15) is 4.98 Å². The van der Waals surface area contributed by atoms with E-state index in [0.29, 0.717) is 47.2 Å². The molecule has 10 nitrogen and oxygen atoms in total. The molecule has 31 heavy (non-hydrogen) atoms. The van der Waals surface area contributed by atoms with Gasteiger partial charge in [0.05, 0.1) is 31.2 Å². The van der Waals surface area contributed by atoms with Gasteiger partial charge in [0.25, 0.3) is 0 Å². The van der Waals surface area contributed by atoms with Crippen LogP contribution in [0, 0.1) is 0 Å². The zero-order chi connectivity index (χ0) is 21.6. The van der Waals surface area contributed by atoms with E-state index in [2.05, 4.69) is 20.3 Å². The van der Waals surface area contributed by atoms with E-state index in [9.17, 15) is 4.79 Å². The summed E-state index contributed by atoms with van der Waals surface area (Å²) in [4.78, 5) is 15.6. The monoisotopic (exact) mass is 440 g/mol. The van der Waals surface area contributed by atoms with E-state index in [-0.39, 0.29) is 6.42 Å². The first kappa shape index (κ1) is 20.7. The van der Waals surface area contributed by atoms with E-state index in [1.807, 2.05) is 41.0 Å². The Morgan fingerprint density at radius 1 is 1.23 bits per heavy atom. The SMILES string of the molecule is COc1ccccc1-c1noc(CSc2nnc(CCC(N)=O)n2Cc2ccco2)n1. The highest BCUT2D eigenvalue weighted by atomic mass is 32.2. The zero-order valence-corrected chi connectivity index (χ0v) is 17.5. The second-order valence-electron chi connectivity index (χ2n) is 6.53. The molecule has 0 aliphatic heterocycles. The van der Waals surface area contributed by atoms with Crippen LogP contribution in [0.5, 0.6) is 5.75 Å². The third-order valence-corrected chi connectivity index (χ3v) is 5.37. The molecule has 3 aromatic heterocycles. The van der Waals surface area contributed by atoms with Gasteiger partial charge in [0.15, 0.2) is 5.16 Å². The number of aryl methyl sites for hydroxylation is 1. The fraction of sp³-hybridized carbons (Fsp3) is 0.250. The normalized spacial score (nSPS) is 11.0. The van der Waals surface area contributed by atoms with Gasteiger partial charge in [-0.1, -0.05) is 29.1 Å². The number of carbonyl (C=O) groups is 1. The van der Waals surface area contributed by atoms with Gasteiger partial charge >= 0.3 is 0 Å². The summed E-state index contributed by atoms with van der Waals surface area (Å²) in [7, 11) is 1.59. The lowest BCUT2D eigenvalue weighted by molar-refractivity contribution is -0.118. The largest absolute Gasteiger partial charge is 0.496 e. The van der Waals surface area contributed by atoms with Crippen molar-refractivity contribution in [2.45, 2.75) is 30.3 Å². The molecule has 0 aliphatic carbocycles. The van der Waals surface area contributed by atoms with Crippen molar-refractivity contribution >= 4 is 17.7 Å². The number of thioether (sulfide) groups is 1. The Kier molecular flexibility index (Phi) is 6.32. The Morgan fingerprint density at radius 3 is 2.87 bits per heavy atom. The molecule has 0 aliphatic rings. The number of furan rings is 1. The lowest BCUT2D eigenvalue weighted by Crippen LogP contribution is -2.14. The first-order valence-electron chi connectivity index (χ1n) is 9.45. The van der Waals surface area contributed by atoms with Gasteiger partial charge in [0.2, 0.25) is 17.6 Å². The van der Waals surface area contributed by atoms with Gasteiger partial charge in [-0.3, -0.25) is 9.36 Å². The highest BCUT2D eigenvalue weighted by Crippen LogP contribution is 2.29. The number of ether oxygens (including phenoxy) is 1. The van der Waals surface area contributed by atoms with Crippen molar-refractivity contribution in [1.29, 1.82) is 0 Å². The third kappa shape index (κ3) is 4.94. The predicted octanol–water partition coefficient (Wildman–Crippen LogP) is 2.69.